The van der Waals surface area contributed by atoms with Crippen molar-refractivity contribution in [2.45, 2.75) is 6.17 Å². The second-order valence-corrected chi connectivity index (χ2v) is 7.12. The minimum Gasteiger partial charge on any atom is -0.381 e. The molecular weight excluding hydrogens is 411 g/mol. The Morgan fingerprint density at radius 2 is 1.66 bits per heavy atom. The van der Waals surface area contributed by atoms with Gasteiger partial charge in [0.05, 0.1) is 16.9 Å². The van der Waals surface area contributed by atoms with Gasteiger partial charge in [0.25, 0.3) is 5.91 Å². The van der Waals surface area contributed by atoms with E-state index in [4.69, 9.17) is 5.73 Å². The fourth-order valence-electron chi connectivity index (χ4n) is 3.56. The molecule has 0 saturated heterocycles. The van der Waals surface area contributed by atoms with Gasteiger partial charge in [-0.05, 0) is 29.8 Å². The summed E-state index contributed by atoms with van der Waals surface area (Å²) in [4.78, 5) is 30.0. The van der Waals surface area contributed by atoms with E-state index in [2.05, 4.69) is 15.4 Å². The number of carbonyl (C=O) groups excluding carboxylic acids is 1. The molecule has 1 atom stereocenters. The molecule has 1 amide bonds. The topological polar surface area (TPSA) is 107 Å². The summed E-state index contributed by atoms with van der Waals surface area (Å²) in [6, 6.07) is 21.9. The van der Waals surface area contributed by atoms with Crippen molar-refractivity contribution in [3.05, 3.63) is 94.9 Å². The highest BCUT2D eigenvalue weighted by Crippen LogP contribution is 2.26. The Bertz CT molecular complexity index is 1510. The number of fused-ring (bicyclic) bond motifs is 3. The molecule has 5 aromatic rings. The number of carbonyl (C=O) groups is 1. The fraction of sp³-hybridized carbons (Fsp3) is 0.0435. The molecule has 0 bridgehead atoms. The quantitative estimate of drug-likeness (QED) is 0.457. The van der Waals surface area contributed by atoms with E-state index < -0.39 is 17.8 Å². The molecule has 0 radical (unpaired) electrons. The SMILES string of the molecule is Nc1nc2c(NC(=O)C(F)c3ccccc3)cccc2n2c(=O)n(-c3ccccc3)nc12. The zero-order chi connectivity index (χ0) is 22.2. The minimum absolute atomic E-state index is 0.00541. The van der Waals surface area contributed by atoms with E-state index in [0.29, 0.717) is 11.2 Å². The number of nitrogens with two attached hydrogens (primary N) is 1. The zero-order valence-corrected chi connectivity index (χ0v) is 16.6. The van der Waals surface area contributed by atoms with E-state index in [0.717, 1.165) is 0 Å². The van der Waals surface area contributed by atoms with Crippen LogP contribution in [0.1, 0.15) is 11.7 Å². The number of nitrogens with one attached hydrogen (secondary N) is 1. The van der Waals surface area contributed by atoms with Crippen molar-refractivity contribution in [1.29, 1.82) is 0 Å². The van der Waals surface area contributed by atoms with Gasteiger partial charge in [-0.1, -0.05) is 54.6 Å². The molecule has 2 heterocycles. The molecule has 32 heavy (non-hydrogen) atoms. The first kappa shape index (κ1) is 19.4. The first-order valence-electron chi connectivity index (χ1n) is 9.80. The van der Waals surface area contributed by atoms with Crippen LogP contribution in [0.15, 0.2) is 83.7 Å². The molecular formula is C23H17FN6O2. The molecule has 0 saturated carbocycles. The number of nitrogen functional groups attached to an aromatic ring is 1. The molecule has 0 spiro atoms. The van der Waals surface area contributed by atoms with Crippen molar-refractivity contribution >= 4 is 34.1 Å². The molecule has 9 heteroatoms. The highest BCUT2D eigenvalue weighted by atomic mass is 19.1. The van der Waals surface area contributed by atoms with E-state index in [1.54, 1.807) is 60.7 Å². The Kier molecular flexibility index (Phi) is 4.63. The van der Waals surface area contributed by atoms with Gasteiger partial charge in [-0.2, -0.15) is 4.68 Å². The largest absolute Gasteiger partial charge is 0.381 e. The number of benzene rings is 3. The molecule has 8 nitrogen and oxygen atoms in total. The van der Waals surface area contributed by atoms with Crippen LogP contribution in [-0.2, 0) is 4.79 Å². The fourth-order valence-corrected chi connectivity index (χ4v) is 3.56. The Labute approximate surface area is 180 Å². The lowest BCUT2D eigenvalue weighted by atomic mass is 10.1. The maximum absolute atomic E-state index is 14.7. The Balaban J connectivity index is 1.63. The smallest absolute Gasteiger partial charge is 0.355 e. The van der Waals surface area contributed by atoms with Crippen LogP contribution in [0.4, 0.5) is 15.9 Å². The lowest BCUT2D eigenvalue weighted by Crippen LogP contribution is -2.21. The van der Waals surface area contributed by atoms with Crippen molar-refractivity contribution in [3.8, 4) is 5.69 Å². The zero-order valence-electron chi connectivity index (χ0n) is 16.6. The summed E-state index contributed by atoms with van der Waals surface area (Å²) < 4.78 is 17.2. The third kappa shape index (κ3) is 3.16. The molecule has 0 fully saturated rings. The van der Waals surface area contributed by atoms with Crippen LogP contribution >= 0.6 is 0 Å². The minimum atomic E-state index is -1.86. The molecule has 5 rings (SSSR count). The van der Waals surface area contributed by atoms with E-state index in [9.17, 15) is 14.0 Å². The maximum Gasteiger partial charge on any atom is 0.355 e. The van der Waals surface area contributed by atoms with Crippen LogP contribution in [0.3, 0.4) is 0 Å². The number of hydrogen-bond donors (Lipinski definition) is 2. The Morgan fingerprint density at radius 3 is 2.38 bits per heavy atom. The molecule has 3 aromatic carbocycles. The summed E-state index contributed by atoms with van der Waals surface area (Å²) in [5, 5.41) is 6.88. The van der Waals surface area contributed by atoms with Crippen molar-refractivity contribution in [2.24, 2.45) is 0 Å². The van der Waals surface area contributed by atoms with Crippen LogP contribution in [0.25, 0.3) is 22.4 Å². The van der Waals surface area contributed by atoms with Gasteiger partial charge in [0.1, 0.15) is 5.52 Å². The van der Waals surface area contributed by atoms with E-state index in [1.165, 1.54) is 21.2 Å². The van der Waals surface area contributed by atoms with Crippen LogP contribution in [0, 0.1) is 0 Å². The summed E-state index contributed by atoms with van der Waals surface area (Å²) in [5.74, 6) is -0.845. The lowest BCUT2D eigenvalue weighted by Gasteiger charge is -2.12. The van der Waals surface area contributed by atoms with Gasteiger partial charge < -0.3 is 11.1 Å². The van der Waals surface area contributed by atoms with Crippen LogP contribution in [0.5, 0.6) is 0 Å². The van der Waals surface area contributed by atoms with Gasteiger partial charge in [0.15, 0.2) is 5.82 Å². The number of alkyl halides is 1. The number of para-hydroxylation sites is 2. The summed E-state index contributed by atoms with van der Waals surface area (Å²) in [7, 11) is 0. The van der Waals surface area contributed by atoms with Gasteiger partial charge in [0.2, 0.25) is 11.8 Å². The Hall–Kier alpha value is -4.53. The first-order chi connectivity index (χ1) is 15.5. The van der Waals surface area contributed by atoms with Crippen molar-refractivity contribution in [1.82, 2.24) is 19.2 Å². The highest BCUT2D eigenvalue weighted by molar-refractivity contribution is 6.02. The number of amides is 1. The van der Waals surface area contributed by atoms with Crippen molar-refractivity contribution in [3.63, 3.8) is 0 Å². The predicted octanol–water partition coefficient (Wildman–Crippen LogP) is 3.26. The first-order valence-corrected chi connectivity index (χ1v) is 9.80. The van der Waals surface area contributed by atoms with Gasteiger partial charge in [0, 0.05) is 0 Å². The van der Waals surface area contributed by atoms with E-state index in [-0.39, 0.29) is 28.2 Å². The third-order valence-corrected chi connectivity index (χ3v) is 5.08. The van der Waals surface area contributed by atoms with Crippen LogP contribution < -0.4 is 16.7 Å². The second kappa shape index (κ2) is 7.62. The van der Waals surface area contributed by atoms with Crippen molar-refractivity contribution < 1.29 is 9.18 Å². The summed E-state index contributed by atoms with van der Waals surface area (Å²) >= 11 is 0. The number of nitrogens with zero attached hydrogens (tertiary/aromatic N) is 4. The highest BCUT2D eigenvalue weighted by Gasteiger charge is 2.22. The normalized spacial score (nSPS) is 12.2. The monoisotopic (exact) mass is 428 g/mol. The second-order valence-electron chi connectivity index (χ2n) is 7.12. The van der Waals surface area contributed by atoms with E-state index in [1.807, 2.05) is 6.07 Å². The molecule has 0 aliphatic carbocycles. The lowest BCUT2D eigenvalue weighted by molar-refractivity contribution is -0.121. The van der Waals surface area contributed by atoms with Gasteiger partial charge in [-0.25, -0.2) is 18.6 Å². The predicted molar refractivity (Wildman–Crippen MR) is 119 cm³/mol. The summed E-state index contributed by atoms with van der Waals surface area (Å²) in [6.45, 7) is 0. The van der Waals surface area contributed by atoms with Gasteiger partial charge >= 0.3 is 5.69 Å². The number of rotatable bonds is 4. The Morgan fingerprint density at radius 1 is 0.969 bits per heavy atom. The number of aromatic nitrogens is 4. The molecule has 0 aliphatic heterocycles. The summed E-state index contributed by atoms with van der Waals surface area (Å²) in [6.07, 6.45) is -1.86. The van der Waals surface area contributed by atoms with Crippen LogP contribution in [-0.4, -0.2) is 25.1 Å². The standard InChI is InChI=1S/C23H17FN6O2/c24-18(14-8-3-1-4-9-14)22(31)26-16-12-7-13-17-19(16)27-20(25)21-28-30(23(32)29(17)21)15-10-5-2-6-11-15/h1-13,18H,(H2,25,27)(H,26,31). The number of hydrogen-bond acceptors (Lipinski definition) is 5. The van der Waals surface area contributed by atoms with Crippen molar-refractivity contribution in [2.75, 3.05) is 11.1 Å². The molecule has 2 aromatic heterocycles. The van der Waals surface area contributed by atoms with Gasteiger partial charge in [-0.3, -0.25) is 4.79 Å². The van der Waals surface area contributed by atoms with Gasteiger partial charge in [-0.15, -0.1) is 5.10 Å². The molecule has 0 aliphatic rings. The average molecular weight is 428 g/mol. The number of anilines is 2. The average Bonchev–Trinajstić information content (AvgIpc) is 3.18. The number of halogens is 1. The summed E-state index contributed by atoms with van der Waals surface area (Å²) in [5.41, 5.74) is 7.52. The van der Waals surface area contributed by atoms with Crippen LogP contribution in [0.2, 0.25) is 0 Å². The molecule has 3 N–H and O–H groups in total. The van der Waals surface area contributed by atoms with E-state index >= 15 is 0 Å². The maximum atomic E-state index is 14.7. The molecule has 158 valence electrons. The molecule has 1 unspecified atom stereocenters. The third-order valence-electron chi connectivity index (χ3n) is 5.08.